The predicted molar refractivity (Wildman–Crippen MR) is 119 cm³/mol. The predicted octanol–water partition coefficient (Wildman–Crippen LogP) is 6.30. The van der Waals surface area contributed by atoms with Crippen molar-refractivity contribution in [3.05, 3.63) is 76.8 Å². The van der Waals surface area contributed by atoms with Crippen molar-refractivity contribution in [1.82, 2.24) is 4.90 Å². The molecular weight excluding hydrogens is 382 g/mol. The Labute approximate surface area is 177 Å². The number of fused-ring (bicyclic) bond motifs is 1. The average Bonchev–Trinajstić information content (AvgIpc) is 3.00. The van der Waals surface area contributed by atoms with E-state index < -0.39 is 0 Å². The summed E-state index contributed by atoms with van der Waals surface area (Å²) in [6.07, 6.45) is 3.22. The van der Waals surface area contributed by atoms with Crippen molar-refractivity contribution in [2.75, 3.05) is 19.7 Å². The van der Waals surface area contributed by atoms with Crippen molar-refractivity contribution in [2.45, 2.75) is 32.1 Å². The molecule has 1 amide bonds. The molecule has 0 bridgehead atoms. The maximum absolute atomic E-state index is 13.7. The molecule has 1 heterocycles. The first-order chi connectivity index (χ1) is 14.2. The smallest absolute Gasteiger partial charge is 0.258 e. The summed E-state index contributed by atoms with van der Waals surface area (Å²) in [5.41, 5.74) is 1.93. The average molecular weight is 408 g/mol. The first-order valence-electron chi connectivity index (χ1n) is 10.4. The van der Waals surface area contributed by atoms with Crippen molar-refractivity contribution in [1.29, 1.82) is 0 Å². The number of carbonyl (C=O) groups is 1. The van der Waals surface area contributed by atoms with Crippen LogP contribution in [0.1, 0.15) is 48.0 Å². The summed E-state index contributed by atoms with van der Waals surface area (Å²) in [6.45, 7) is 3.98. The van der Waals surface area contributed by atoms with Gasteiger partial charge in [0.05, 0.1) is 12.2 Å². The van der Waals surface area contributed by atoms with E-state index in [2.05, 4.69) is 12.1 Å². The van der Waals surface area contributed by atoms with Crippen molar-refractivity contribution in [3.63, 3.8) is 0 Å². The van der Waals surface area contributed by atoms with Gasteiger partial charge in [-0.2, -0.15) is 0 Å². The number of rotatable bonds is 4. The molecule has 1 aliphatic rings. The third-order valence-electron chi connectivity index (χ3n) is 5.70. The van der Waals surface area contributed by atoms with Gasteiger partial charge >= 0.3 is 0 Å². The molecule has 0 saturated carbocycles. The zero-order valence-electron chi connectivity index (χ0n) is 16.7. The number of halogens is 1. The Bertz CT molecular complexity index is 999. The fraction of sp³-hybridized carbons (Fsp3) is 0.320. The number of amides is 1. The number of ether oxygens (including phenoxy) is 1. The third kappa shape index (κ3) is 4.25. The summed E-state index contributed by atoms with van der Waals surface area (Å²) in [4.78, 5) is 15.7. The van der Waals surface area contributed by atoms with Crippen molar-refractivity contribution in [3.8, 4) is 5.75 Å². The highest BCUT2D eigenvalue weighted by Crippen LogP contribution is 2.33. The molecule has 0 N–H and O–H groups in total. The van der Waals surface area contributed by atoms with Gasteiger partial charge in [-0.3, -0.25) is 4.79 Å². The summed E-state index contributed by atoms with van der Waals surface area (Å²) in [5, 5.41) is 2.76. The lowest BCUT2D eigenvalue weighted by molar-refractivity contribution is 0.0752. The molecule has 0 radical (unpaired) electrons. The van der Waals surface area contributed by atoms with E-state index in [0.717, 1.165) is 48.1 Å². The molecule has 29 heavy (non-hydrogen) atoms. The van der Waals surface area contributed by atoms with Gasteiger partial charge in [-0.25, -0.2) is 0 Å². The van der Waals surface area contributed by atoms with E-state index in [9.17, 15) is 4.79 Å². The molecule has 0 aliphatic carbocycles. The largest absolute Gasteiger partial charge is 0.493 e. The maximum atomic E-state index is 13.7. The van der Waals surface area contributed by atoms with Crippen LogP contribution in [0.4, 0.5) is 0 Å². The monoisotopic (exact) mass is 407 g/mol. The Morgan fingerprint density at radius 2 is 1.86 bits per heavy atom. The molecule has 0 aromatic heterocycles. The van der Waals surface area contributed by atoms with Gasteiger partial charge in [0, 0.05) is 24.0 Å². The quantitative estimate of drug-likeness (QED) is 0.507. The fourth-order valence-corrected chi connectivity index (χ4v) is 4.37. The number of carbonyl (C=O) groups excluding carboxylic acids is 1. The van der Waals surface area contributed by atoms with Crippen LogP contribution in [0.5, 0.6) is 5.75 Å². The summed E-state index contributed by atoms with van der Waals surface area (Å²) in [7, 11) is 0. The van der Waals surface area contributed by atoms with Crippen LogP contribution < -0.4 is 4.74 Å². The topological polar surface area (TPSA) is 29.5 Å². The second kappa shape index (κ2) is 8.87. The van der Waals surface area contributed by atoms with E-state index in [-0.39, 0.29) is 5.91 Å². The van der Waals surface area contributed by atoms with E-state index in [1.54, 1.807) is 0 Å². The van der Waals surface area contributed by atoms with Crippen LogP contribution in [0.3, 0.4) is 0 Å². The number of benzene rings is 3. The van der Waals surface area contributed by atoms with Crippen LogP contribution in [-0.2, 0) is 0 Å². The Morgan fingerprint density at radius 1 is 1.07 bits per heavy atom. The molecule has 1 atom stereocenters. The highest BCUT2D eigenvalue weighted by molar-refractivity contribution is 6.30. The number of nitrogens with zero attached hydrogens (tertiary/aromatic N) is 1. The van der Waals surface area contributed by atoms with E-state index in [4.69, 9.17) is 16.3 Å². The van der Waals surface area contributed by atoms with E-state index >= 15 is 0 Å². The van der Waals surface area contributed by atoms with Crippen LogP contribution >= 0.6 is 11.6 Å². The molecule has 1 fully saturated rings. The number of hydrogen-bond acceptors (Lipinski definition) is 2. The molecule has 3 aromatic rings. The second-order valence-electron chi connectivity index (χ2n) is 7.59. The standard InChI is InChI=1S/C25H26ClNO2/c1-2-29-23-15-12-19-7-3-4-9-22(19)24(23)25(28)27-16-6-5-8-20(17-27)18-10-13-21(26)14-11-18/h3-4,7,9-15,20H,2,5-6,8,16-17H2,1H3. The molecule has 1 aliphatic heterocycles. The van der Waals surface area contributed by atoms with Gasteiger partial charge in [-0.1, -0.05) is 60.5 Å². The van der Waals surface area contributed by atoms with Crippen molar-refractivity contribution < 1.29 is 9.53 Å². The van der Waals surface area contributed by atoms with Gasteiger partial charge in [0.2, 0.25) is 0 Å². The minimum absolute atomic E-state index is 0.0612. The van der Waals surface area contributed by atoms with Crippen LogP contribution in [0.2, 0.25) is 5.02 Å². The lowest BCUT2D eigenvalue weighted by Crippen LogP contribution is -2.34. The third-order valence-corrected chi connectivity index (χ3v) is 5.96. The molecule has 3 aromatic carbocycles. The Morgan fingerprint density at radius 3 is 2.66 bits per heavy atom. The van der Waals surface area contributed by atoms with Gasteiger partial charge < -0.3 is 9.64 Å². The van der Waals surface area contributed by atoms with Gasteiger partial charge in [-0.05, 0) is 54.3 Å². The molecule has 0 spiro atoms. The molecule has 1 unspecified atom stereocenters. The van der Waals surface area contributed by atoms with E-state index in [1.165, 1.54) is 5.56 Å². The SMILES string of the molecule is CCOc1ccc2ccccc2c1C(=O)N1CCCCC(c2ccc(Cl)cc2)C1. The van der Waals surface area contributed by atoms with Crippen molar-refractivity contribution >= 4 is 28.3 Å². The zero-order valence-corrected chi connectivity index (χ0v) is 17.5. The van der Waals surface area contributed by atoms with E-state index in [0.29, 0.717) is 23.8 Å². The Kier molecular flexibility index (Phi) is 6.05. The first-order valence-corrected chi connectivity index (χ1v) is 10.7. The summed E-state index contributed by atoms with van der Waals surface area (Å²) >= 11 is 6.07. The highest BCUT2D eigenvalue weighted by Gasteiger charge is 2.27. The summed E-state index contributed by atoms with van der Waals surface area (Å²) < 4.78 is 5.85. The second-order valence-corrected chi connectivity index (χ2v) is 8.02. The van der Waals surface area contributed by atoms with Gasteiger partial charge in [0.1, 0.15) is 5.75 Å². The molecular formula is C25H26ClNO2. The van der Waals surface area contributed by atoms with Gasteiger partial charge in [0.25, 0.3) is 5.91 Å². The van der Waals surface area contributed by atoms with Crippen molar-refractivity contribution in [2.24, 2.45) is 0 Å². The zero-order chi connectivity index (χ0) is 20.2. The molecule has 3 nitrogen and oxygen atoms in total. The van der Waals surface area contributed by atoms with Crippen LogP contribution in [0.25, 0.3) is 10.8 Å². The minimum Gasteiger partial charge on any atom is -0.493 e. The Balaban J connectivity index is 1.69. The van der Waals surface area contributed by atoms with Crippen LogP contribution in [-0.4, -0.2) is 30.5 Å². The van der Waals surface area contributed by atoms with E-state index in [1.807, 2.05) is 60.4 Å². The summed E-state index contributed by atoms with van der Waals surface area (Å²) in [6, 6.07) is 20.0. The minimum atomic E-state index is 0.0612. The fourth-order valence-electron chi connectivity index (χ4n) is 4.24. The maximum Gasteiger partial charge on any atom is 0.258 e. The number of likely N-dealkylation sites (tertiary alicyclic amines) is 1. The van der Waals surface area contributed by atoms with Gasteiger partial charge in [0.15, 0.2) is 0 Å². The lowest BCUT2D eigenvalue weighted by Gasteiger charge is -2.26. The highest BCUT2D eigenvalue weighted by atomic mass is 35.5. The normalized spacial score (nSPS) is 17.2. The lowest BCUT2D eigenvalue weighted by atomic mass is 9.94. The summed E-state index contributed by atoms with van der Waals surface area (Å²) in [5.74, 6) is 1.05. The van der Waals surface area contributed by atoms with Gasteiger partial charge in [-0.15, -0.1) is 0 Å². The molecule has 150 valence electrons. The molecule has 4 heteroatoms. The molecule has 1 saturated heterocycles. The van der Waals surface area contributed by atoms with Crippen LogP contribution in [0.15, 0.2) is 60.7 Å². The number of hydrogen-bond donors (Lipinski definition) is 0. The first kappa shape index (κ1) is 19.8. The molecule has 4 rings (SSSR count). The van der Waals surface area contributed by atoms with Crippen LogP contribution in [0, 0.1) is 0 Å². The Hall–Kier alpha value is -2.52.